The highest BCUT2D eigenvalue weighted by Crippen LogP contribution is 2.42. The van der Waals surface area contributed by atoms with Crippen LogP contribution in [0.2, 0.25) is 0 Å². The van der Waals surface area contributed by atoms with Gasteiger partial charge in [-0.1, -0.05) is 13.3 Å². The van der Waals surface area contributed by atoms with Crippen molar-refractivity contribution in [3.63, 3.8) is 0 Å². The van der Waals surface area contributed by atoms with Crippen LogP contribution in [0, 0.1) is 16.7 Å². The Morgan fingerprint density at radius 1 is 1.19 bits per heavy atom. The first kappa shape index (κ1) is 22.4. The zero-order chi connectivity index (χ0) is 20.4. The summed E-state index contributed by atoms with van der Waals surface area (Å²) in [6.45, 7) is 5.23. The third kappa shape index (κ3) is 4.96. The molecule has 0 aromatic carbocycles. The van der Waals surface area contributed by atoms with Gasteiger partial charge in [0, 0.05) is 12.8 Å². The van der Waals surface area contributed by atoms with Gasteiger partial charge >= 0.3 is 18.0 Å². The van der Waals surface area contributed by atoms with Gasteiger partial charge in [0.25, 0.3) is 0 Å². The highest BCUT2D eigenvalue weighted by Gasteiger charge is 2.61. The summed E-state index contributed by atoms with van der Waals surface area (Å²) in [4.78, 5) is 51.0. The molecule has 0 spiro atoms. The van der Waals surface area contributed by atoms with E-state index in [-0.39, 0.29) is 39.1 Å². The number of rotatable bonds is 9. The molecule has 0 saturated carbocycles. The SMILES string of the molecule is CCCCOC(=O)N1C(=O)[C@](CCC#N)(C(=O)OCC)C[C@H]1C(=O)OCC. The van der Waals surface area contributed by atoms with Crippen molar-refractivity contribution in [3.8, 4) is 6.07 Å². The zero-order valence-corrected chi connectivity index (χ0v) is 16.0. The third-order valence-electron chi connectivity index (χ3n) is 4.29. The number of imide groups is 1. The van der Waals surface area contributed by atoms with Crippen molar-refractivity contribution in [2.24, 2.45) is 5.41 Å². The molecule has 9 nitrogen and oxygen atoms in total. The van der Waals surface area contributed by atoms with E-state index >= 15 is 0 Å². The van der Waals surface area contributed by atoms with Crippen molar-refractivity contribution in [1.29, 1.82) is 5.26 Å². The number of amides is 2. The molecule has 1 aliphatic rings. The molecule has 0 N–H and O–H groups in total. The van der Waals surface area contributed by atoms with Crippen LogP contribution in [-0.2, 0) is 28.6 Å². The monoisotopic (exact) mass is 382 g/mol. The lowest BCUT2D eigenvalue weighted by Crippen LogP contribution is -2.46. The van der Waals surface area contributed by atoms with E-state index in [9.17, 15) is 19.2 Å². The predicted octanol–water partition coefficient (Wildman–Crippen LogP) is 1.94. The molecule has 9 heteroatoms. The number of hydrogen-bond donors (Lipinski definition) is 0. The summed E-state index contributed by atoms with van der Waals surface area (Å²) in [6.07, 6.45) is -0.204. The molecule has 2 atom stereocenters. The lowest BCUT2D eigenvalue weighted by molar-refractivity contribution is -0.161. The minimum absolute atomic E-state index is 0.0193. The van der Waals surface area contributed by atoms with Gasteiger partial charge in [0.1, 0.15) is 6.04 Å². The topological polar surface area (TPSA) is 123 Å². The van der Waals surface area contributed by atoms with Crippen LogP contribution in [0.4, 0.5) is 4.79 Å². The van der Waals surface area contributed by atoms with E-state index in [4.69, 9.17) is 19.5 Å². The van der Waals surface area contributed by atoms with Crippen molar-refractivity contribution in [3.05, 3.63) is 0 Å². The van der Waals surface area contributed by atoms with Gasteiger partial charge in [-0.05, 0) is 26.7 Å². The summed E-state index contributed by atoms with van der Waals surface area (Å²) in [7, 11) is 0. The number of esters is 2. The highest BCUT2D eigenvalue weighted by atomic mass is 16.6. The molecule has 0 bridgehead atoms. The quantitative estimate of drug-likeness (QED) is 0.256. The van der Waals surface area contributed by atoms with Crippen LogP contribution >= 0.6 is 0 Å². The van der Waals surface area contributed by atoms with Crippen molar-refractivity contribution in [2.45, 2.75) is 58.9 Å². The number of nitriles is 1. The lowest BCUT2D eigenvalue weighted by Gasteiger charge is -2.24. The van der Waals surface area contributed by atoms with Crippen molar-refractivity contribution >= 4 is 23.9 Å². The average molecular weight is 382 g/mol. The molecule has 0 radical (unpaired) electrons. The Bertz CT molecular complexity index is 613. The van der Waals surface area contributed by atoms with E-state index < -0.39 is 35.4 Å². The standard InChI is InChI=1S/C18H26N2O7/c1-4-7-11-27-17(24)20-13(14(21)25-5-2)12-18(15(20)22,9-8-10-19)16(23)26-6-3/h13H,4-9,11-12H2,1-3H3/t13-,18+/m0/s1. The summed E-state index contributed by atoms with van der Waals surface area (Å²) >= 11 is 0. The van der Waals surface area contributed by atoms with Gasteiger partial charge in [0.15, 0.2) is 5.41 Å². The van der Waals surface area contributed by atoms with Gasteiger partial charge in [-0.15, -0.1) is 0 Å². The molecule has 1 saturated heterocycles. The van der Waals surface area contributed by atoms with Crippen LogP contribution in [0.1, 0.15) is 52.9 Å². The smallest absolute Gasteiger partial charge is 0.417 e. The number of unbranched alkanes of at least 4 members (excludes halogenated alkanes) is 1. The number of carbonyl (C=O) groups excluding carboxylic acids is 4. The molecule has 150 valence electrons. The number of nitrogens with zero attached hydrogens (tertiary/aromatic N) is 2. The first-order valence-corrected chi connectivity index (χ1v) is 9.10. The summed E-state index contributed by atoms with van der Waals surface area (Å²) in [6, 6.07) is 0.585. The molecule has 0 aromatic rings. The maximum atomic E-state index is 13.0. The fraction of sp³-hybridized carbons (Fsp3) is 0.722. The fourth-order valence-electron chi connectivity index (χ4n) is 2.91. The molecule has 0 aromatic heterocycles. The largest absolute Gasteiger partial charge is 0.465 e. The highest BCUT2D eigenvalue weighted by molar-refractivity contribution is 6.12. The Kier molecular flexibility index (Phi) is 8.72. The van der Waals surface area contributed by atoms with Crippen molar-refractivity contribution < 1.29 is 33.4 Å². The second-order valence-corrected chi connectivity index (χ2v) is 6.08. The van der Waals surface area contributed by atoms with Gasteiger partial charge in [-0.25, -0.2) is 14.5 Å². The first-order valence-electron chi connectivity index (χ1n) is 9.10. The Hall–Kier alpha value is -2.63. The number of carbonyl (C=O) groups is 4. The average Bonchev–Trinajstić information content (AvgIpc) is 2.94. The number of likely N-dealkylation sites (tertiary alicyclic amines) is 1. The Balaban J connectivity index is 3.25. The summed E-state index contributed by atoms with van der Waals surface area (Å²) in [5.41, 5.74) is -1.78. The van der Waals surface area contributed by atoms with Crippen molar-refractivity contribution in [1.82, 2.24) is 4.90 Å². The van der Waals surface area contributed by atoms with E-state index in [0.717, 1.165) is 6.42 Å². The minimum atomic E-state index is -1.78. The minimum Gasteiger partial charge on any atom is -0.465 e. The van der Waals surface area contributed by atoms with Crippen LogP contribution in [0.5, 0.6) is 0 Å². The van der Waals surface area contributed by atoms with Crippen LogP contribution < -0.4 is 0 Å². The molecule has 2 amide bonds. The van der Waals surface area contributed by atoms with Crippen LogP contribution in [0.3, 0.4) is 0 Å². The normalized spacial score (nSPS) is 21.5. The second kappa shape index (κ2) is 10.5. The molecule has 27 heavy (non-hydrogen) atoms. The van der Waals surface area contributed by atoms with Gasteiger partial charge < -0.3 is 14.2 Å². The fourth-order valence-corrected chi connectivity index (χ4v) is 2.91. The summed E-state index contributed by atoms with van der Waals surface area (Å²) < 4.78 is 15.0. The second-order valence-electron chi connectivity index (χ2n) is 6.08. The molecular formula is C18H26N2O7. The molecule has 0 unspecified atom stereocenters. The van der Waals surface area contributed by atoms with Crippen LogP contribution in [-0.4, -0.2) is 54.7 Å². The Morgan fingerprint density at radius 3 is 2.41 bits per heavy atom. The molecule has 1 heterocycles. The number of ether oxygens (including phenoxy) is 3. The molecule has 1 aliphatic heterocycles. The van der Waals surface area contributed by atoms with Gasteiger partial charge in [0.2, 0.25) is 5.91 Å². The van der Waals surface area contributed by atoms with Gasteiger partial charge in [-0.3, -0.25) is 9.59 Å². The molecular weight excluding hydrogens is 356 g/mol. The first-order chi connectivity index (χ1) is 12.9. The van der Waals surface area contributed by atoms with E-state index in [1.165, 1.54) is 0 Å². The predicted molar refractivity (Wildman–Crippen MR) is 92.1 cm³/mol. The third-order valence-corrected chi connectivity index (χ3v) is 4.29. The van der Waals surface area contributed by atoms with E-state index in [0.29, 0.717) is 11.3 Å². The van der Waals surface area contributed by atoms with E-state index in [1.807, 2.05) is 13.0 Å². The molecule has 1 rings (SSSR count). The maximum Gasteiger partial charge on any atom is 0.417 e. The van der Waals surface area contributed by atoms with Crippen molar-refractivity contribution in [2.75, 3.05) is 19.8 Å². The van der Waals surface area contributed by atoms with Gasteiger partial charge in [-0.2, -0.15) is 5.26 Å². The summed E-state index contributed by atoms with van der Waals surface area (Å²) in [5, 5.41) is 8.91. The maximum absolute atomic E-state index is 13.0. The molecule has 1 fully saturated rings. The Morgan fingerprint density at radius 2 is 1.85 bits per heavy atom. The Labute approximate surface area is 158 Å². The lowest BCUT2D eigenvalue weighted by atomic mass is 9.80. The summed E-state index contributed by atoms with van der Waals surface area (Å²) in [5.74, 6) is -2.56. The van der Waals surface area contributed by atoms with Gasteiger partial charge in [0.05, 0.1) is 25.9 Å². The van der Waals surface area contributed by atoms with Crippen LogP contribution in [0.15, 0.2) is 0 Å². The van der Waals surface area contributed by atoms with Crippen LogP contribution in [0.25, 0.3) is 0 Å². The van der Waals surface area contributed by atoms with E-state index in [1.54, 1.807) is 13.8 Å². The number of hydrogen-bond acceptors (Lipinski definition) is 8. The van der Waals surface area contributed by atoms with E-state index in [2.05, 4.69) is 0 Å². The zero-order valence-electron chi connectivity index (χ0n) is 16.0. The molecule has 0 aliphatic carbocycles.